The first-order chi connectivity index (χ1) is 8.61. The Hall–Kier alpha value is -0.590. The average Bonchev–Trinajstić information content (AvgIpc) is 2.75. The molecule has 0 aromatic carbocycles. The summed E-state index contributed by atoms with van der Waals surface area (Å²) in [7, 11) is 0. The summed E-state index contributed by atoms with van der Waals surface area (Å²) in [4.78, 5) is 0. The third-order valence-electron chi connectivity index (χ3n) is 2.48. The molecular formula is C12H19F2NO2S. The van der Waals surface area contributed by atoms with Gasteiger partial charge in [-0.1, -0.05) is 18.7 Å². The quantitative estimate of drug-likeness (QED) is 0.729. The minimum absolute atomic E-state index is 0.193. The molecule has 0 saturated heterocycles. The van der Waals surface area contributed by atoms with E-state index in [0.717, 1.165) is 18.7 Å². The van der Waals surface area contributed by atoms with Crippen LogP contribution in [0.3, 0.4) is 0 Å². The predicted molar refractivity (Wildman–Crippen MR) is 68.6 cm³/mol. The fraction of sp³-hybridized carbons (Fsp3) is 0.667. The van der Waals surface area contributed by atoms with E-state index in [2.05, 4.69) is 12.2 Å². The molecule has 0 fully saturated rings. The highest BCUT2D eigenvalue weighted by atomic mass is 32.2. The minimum atomic E-state index is -2.36. The second-order valence-corrected chi connectivity index (χ2v) is 5.17. The highest BCUT2D eigenvalue weighted by molar-refractivity contribution is 7.98. The SMILES string of the molecule is CC(CCO)CNCc1ccc(CSC(F)F)o1. The van der Waals surface area contributed by atoms with E-state index in [1.165, 1.54) is 0 Å². The van der Waals surface area contributed by atoms with Crippen LogP contribution in [0, 0.1) is 5.92 Å². The maximum Gasteiger partial charge on any atom is 0.284 e. The van der Waals surface area contributed by atoms with Gasteiger partial charge in [0.05, 0.1) is 12.3 Å². The molecule has 1 rings (SSSR count). The van der Waals surface area contributed by atoms with Gasteiger partial charge in [-0.05, 0) is 31.0 Å². The lowest BCUT2D eigenvalue weighted by molar-refractivity contribution is 0.251. The van der Waals surface area contributed by atoms with Gasteiger partial charge in [0.1, 0.15) is 11.5 Å². The molecule has 18 heavy (non-hydrogen) atoms. The van der Waals surface area contributed by atoms with Crippen LogP contribution in [0.4, 0.5) is 8.78 Å². The summed E-state index contributed by atoms with van der Waals surface area (Å²) in [5.74, 6) is -0.454. The molecule has 3 nitrogen and oxygen atoms in total. The third-order valence-corrected chi connectivity index (χ3v) is 3.19. The van der Waals surface area contributed by atoms with Crippen LogP contribution >= 0.6 is 11.8 Å². The Kier molecular flexibility index (Phi) is 7.31. The van der Waals surface area contributed by atoms with Crippen molar-refractivity contribution in [3.8, 4) is 0 Å². The van der Waals surface area contributed by atoms with Crippen molar-refractivity contribution in [3.05, 3.63) is 23.7 Å². The monoisotopic (exact) mass is 279 g/mol. The average molecular weight is 279 g/mol. The van der Waals surface area contributed by atoms with Gasteiger partial charge < -0.3 is 14.8 Å². The molecule has 0 spiro atoms. The van der Waals surface area contributed by atoms with Gasteiger partial charge in [0, 0.05) is 6.61 Å². The van der Waals surface area contributed by atoms with Gasteiger partial charge in [0.15, 0.2) is 0 Å². The predicted octanol–water partition coefficient (Wildman–Crippen LogP) is 2.84. The molecule has 6 heteroatoms. The fourth-order valence-electron chi connectivity index (χ4n) is 1.50. The number of hydrogen-bond acceptors (Lipinski definition) is 4. The largest absolute Gasteiger partial charge is 0.464 e. The Morgan fingerprint density at radius 2 is 2.11 bits per heavy atom. The summed E-state index contributed by atoms with van der Waals surface area (Å²) in [6.07, 6.45) is 0.765. The second-order valence-electron chi connectivity index (χ2n) is 4.19. The molecule has 2 N–H and O–H groups in total. The van der Waals surface area contributed by atoms with Gasteiger partial charge >= 0.3 is 0 Å². The molecule has 1 unspecified atom stereocenters. The topological polar surface area (TPSA) is 45.4 Å². The van der Waals surface area contributed by atoms with Crippen LogP contribution in [0.15, 0.2) is 16.5 Å². The van der Waals surface area contributed by atoms with Crippen molar-refractivity contribution in [1.29, 1.82) is 0 Å². The summed E-state index contributed by atoms with van der Waals surface area (Å²) < 4.78 is 29.4. The third kappa shape index (κ3) is 6.37. The van der Waals surface area contributed by atoms with E-state index < -0.39 is 5.76 Å². The lowest BCUT2D eigenvalue weighted by Gasteiger charge is -2.09. The Morgan fingerprint density at radius 3 is 2.78 bits per heavy atom. The van der Waals surface area contributed by atoms with Gasteiger partial charge in [0.25, 0.3) is 5.76 Å². The lowest BCUT2D eigenvalue weighted by Crippen LogP contribution is -2.21. The maximum absolute atomic E-state index is 12.0. The first-order valence-corrected chi connectivity index (χ1v) is 6.95. The van der Waals surface area contributed by atoms with Crippen molar-refractivity contribution in [3.63, 3.8) is 0 Å². The molecule has 0 amide bonds. The van der Waals surface area contributed by atoms with Crippen molar-refractivity contribution in [2.24, 2.45) is 5.92 Å². The van der Waals surface area contributed by atoms with E-state index in [4.69, 9.17) is 9.52 Å². The van der Waals surface area contributed by atoms with Gasteiger partial charge in [-0.2, -0.15) is 8.78 Å². The zero-order valence-corrected chi connectivity index (χ0v) is 11.2. The van der Waals surface area contributed by atoms with Gasteiger partial charge in [-0.3, -0.25) is 0 Å². The standard InChI is InChI=1S/C12H19F2NO2S/c1-9(4-5-16)6-15-7-10-2-3-11(17-10)8-18-12(13)14/h2-3,9,12,15-16H,4-8H2,1H3. The van der Waals surface area contributed by atoms with Crippen molar-refractivity contribution >= 4 is 11.8 Å². The molecular weight excluding hydrogens is 260 g/mol. The van der Waals surface area contributed by atoms with Crippen LogP contribution in [0.25, 0.3) is 0 Å². The van der Waals surface area contributed by atoms with E-state index in [9.17, 15) is 8.78 Å². The highest BCUT2D eigenvalue weighted by Gasteiger charge is 2.07. The smallest absolute Gasteiger partial charge is 0.284 e. The van der Waals surface area contributed by atoms with Crippen LogP contribution in [0.5, 0.6) is 0 Å². The Balaban J connectivity index is 2.22. The van der Waals surface area contributed by atoms with E-state index >= 15 is 0 Å². The van der Waals surface area contributed by atoms with Crippen molar-refractivity contribution in [1.82, 2.24) is 5.32 Å². The summed E-state index contributed by atoms with van der Waals surface area (Å²) in [5, 5.41) is 12.0. The van der Waals surface area contributed by atoms with Crippen LogP contribution in [0.2, 0.25) is 0 Å². The van der Waals surface area contributed by atoms with E-state index in [0.29, 0.717) is 30.0 Å². The lowest BCUT2D eigenvalue weighted by atomic mass is 10.1. The Morgan fingerprint density at radius 1 is 1.39 bits per heavy atom. The van der Waals surface area contributed by atoms with E-state index in [1.54, 1.807) is 12.1 Å². The molecule has 0 bridgehead atoms. The maximum atomic E-state index is 12.0. The van der Waals surface area contributed by atoms with Crippen molar-refractivity contribution < 1.29 is 18.3 Å². The first-order valence-electron chi connectivity index (χ1n) is 5.90. The molecule has 1 aromatic heterocycles. The van der Waals surface area contributed by atoms with Crippen molar-refractivity contribution in [2.45, 2.75) is 31.4 Å². The number of hydrogen-bond donors (Lipinski definition) is 2. The molecule has 0 aliphatic carbocycles. The zero-order chi connectivity index (χ0) is 13.4. The second kappa shape index (κ2) is 8.50. The van der Waals surface area contributed by atoms with E-state index in [-0.39, 0.29) is 12.4 Å². The van der Waals surface area contributed by atoms with Crippen LogP contribution in [-0.2, 0) is 12.3 Å². The van der Waals surface area contributed by atoms with Gasteiger partial charge in [-0.25, -0.2) is 0 Å². The molecule has 1 atom stereocenters. The molecule has 0 aliphatic heterocycles. The summed E-state index contributed by atoms with van der Waals surface area (Å²) >= 11 is 0.558. The molecule has 0 radical (unpaired) electrons. The van der Waals surface area contributed by atoms with E-state index in [1.807, 2.05) is 0 Å². The molecule has 0 saturated carbocycles. The van der Waals surface area contributed by atoms with Crippen LogP contribution in [-0.4, -0.2) is 24.0 Å². The fourth-order valence-corrected chi connectivity index (χ4v) is 1.95. The zero-order valence-electron chi connectivity index (χ0n) is 10.4. The number of rotatable bonds is 9. The van der Waals surface area contributed by atoms with Gasteiger partial charge in [0.2, 0.25) is 0 Å². The number of halogens is 2. The summed E-state index contributed by atoms with van der Waals surface area (Å²) in [5.41, 5.74) is 0. The summed E-state index contributed by atoms with van der Waals surface area (Å²) in [6.45, 7) is 3.62. The molecule has 1 aromatic rings. The molecule has 0 aliphatic rings. The number of nitrogens with one attached hydrogen (secondary N) is 1. The minimum Gasteiger partial charge on any atom is -0.464 e. The Bertz CT molecular complexity index is 334. The van der Waals surface area contributed by atoms with Crippen LogP contribution in [0.1, 0.15) is 24.9 Å². The normalized spacial score (nSPS) is 13.2. The van der Waals surface area contributed by atoms with Gasteiger partial charge in [-0.15, -0.1) is 0 Å². The molecule has 1 heterocycles. The number of alkyl halides is 2. The number of furan rings is 1. The summed E-state index contributed by atoms with van der Waals surface area (Å²) in [6, 6.07) is 3.52. The number of aliphatic hydroxyl groups is 1. The Labute approximate surface area is 110 Å². The first kappa shape index (κ1) is 15.5. The van der Waals surface area contributed by atoms with Crippen LogP contribution < -0.4 is 5.32 Å². The number of thioether (sulfide) groups is 1. The number of aliphatic hydroxyl groups excluding tert-OH is 1. The molecule has 104 valence electrons. The highest BCUT2D eigenvalue weighted by Crippen LogP contribution is 2.21. The van der Waals surface area contributed by atoms with Crippen molar-refractivity contribution in [2.75, 3.05) is 13.2 Å².